The Morgan fingerprint density at radius 3 is 2.25 bits per heavy atom. The largest absolute Gasteiger partial charge is 0.469 e. The van der Waals surface area contributed by atoms with Crippen molar-refractivity contribution >= 4 is 26.0 Å². The van der Waals surface area contributed by atoms with Crippen LogP contribution in [0.2, 0.25) is 0 Å². The lowest BCUT2D eigenvalue weighted by Crippen LogP contribution is -2.33. The first-order valence-corrected chi connectivity index (χ1v) is 7.58. The molecule has 0 aliphatic rings. The van der Waals surface area contributed by atoms with Gasteiger partial charge in [0.25, 0.3) is 0 Å². The number of primary sulfonamides is 1. The number of methoxy groups -OCH3 is 1. The zero-order valence-electron chi connectivity index (χ0n) is 8.67. The van der Waals surface area contributed by atoms with E-state index in [-0.39, 0.29) is 13.0 Å². The van der Waals surface area contributed by atoms with Crippen molar-refractivity contribution in [3.63, 3.8) is 0 Å². The van der Waals surface area contributed by atoms with E-state index < -0.39 is 37.5 Å². The van der Waals surface area contributed by atoms with E-state index in [1.807, 2.05) is 4.72 Å². The van der Waals surface area contributed by atoms with Crippen molar-refractivity contribution in [1.29, 1.82) is 0 Å². The van der Waals surface area contributed by atoms with Crippen molar-refractivity contribution in [3.05, 3.63) is 0 Å². The van der Waals surface area contributed by atoms with Gasteiger partial charge < -0.3 is 4.74 Å². The second-order valence-corrected chi connectivity index (χ2v) is 6.57. The zero-order chi connectivity index (χ0) is 12.8. The highest BCUT2D eigenvalue weighted by Crippen LogP contribution is 1.91. The summed E-state index contributed by atoms with van der Waals surface area (Å²) in [5.41, 5.74) is 0. The summed E-state index contributed by atoms with van der Waals surface area (Å²) in [6, 6.07) is 0. The molecule has 0 saturated heterocycles. The third-order valence-electron chi connectivity index (χ3n) is 1.51. The quantitative estimate of drug-likeness (QED) is 0.504. The average molecular weight is 274 g/mol. The molecule has 16 heavy (non-hydrogen) atoms. The maximum absolute atomic E-state index is 11.2. The Bertz CT molecular complexity index is 426. The lowest BCUT2D eigenvalue weighted by atomic mass is 10.5. The van der Waals surface area contributed by atoms with Crippen molar-refractivity contribution in [2.24, 2.45) is 5.14 Å². The summed E-state index contributed by atoms with van der Waals surface area (Å²) < 4.78 is 49.6. The first-order valence-electron chi connectivity index (χ1n) is 4.21. The molecule has 0 bridgehead atoms. The van der Waals surface area contributed by atoms with Gasteiger partial charge in [0.1, 0.15) is 0 Å². The molecule has 0 rings (SSSR count). The Morgan fingerprint density at radius 2 is 1.81 bits per heavy atom. The standard InChI is InChI=1S/C6H14N2O6S2/c1-14-6(9)2-4-16(12,13)8-3-5-15(7,10)11/h8H,2-5H2,1H3,(H2,7,10,11). The number of carbonyl (C=O) groups excluding carboxylic acids is 1. The Labute approximate surface area is 94.3 Å². The predicted molar refractivity (Wildman–Crippen MR) is 56.4 cm³/mol. The van der Waals surface area contributed by atoms with E-state index in [2.05, 4.69) is 9.88 Å². The van der Waals surface area contributed by atoms with Gasteiger partial charge >= 0.3 is 5.97 Å². The fourth-order valence-corrected chi connectivity index (χ4v) is 2.24. The Balaban J connectivity index is 4.02. The molecule has 0 unspecified atom stereocenters. The summed E-state index contributed by atoms with van der Waals surface area (Å²) in [6.45, 7) is -0.317. The number of esters is 1. The Morgan fingerprint density at radius 1 is 1.25 bits per heavy atom. The normalized spacial score (nSPS) is 12.4. The second kappa shape index (κ2) is 6.13. The molecule has 96 valence electrons. The number of hydrogen-bond acceptors (Lipinski definition) is 6. The number of carbonyl (C=O) groups is 1. The predicted octanol–water partition coefficient (Wildman–Crippen LogP) is -2.24. The minimum absolute atomic E-state index is 0.290. The van der Waals surface area contributed by atoms with Gasteiger partial charge in [0.2, 0.25) is 20.0 Å². The minimum Gasteiger partial charge on any atom is -0.469 e. The highest BCUT2D eigenvalue weighted by atomic mass is 32.2. The number of nitrogens with one attached hydrogen (secondary N) is 1. The van der Waals surface area contributed by atoms with E-state index in [0.717, 1.165) is 7.11 Å². The van der Waals surface area contributed by atoms with Crippen LogP contribution in [0.4, 0.5) is 0 Å². The third-order valence-corrected chi connectivity index (χ3v) is 3.67. The van der Waals surface area contributed by atoms with Crippen LogP contribution in [-0.4, -0.2) is 48.0 Å². The summed E-state index contributed by atoms with van der Waals surface area (Å²) in [5, 5.41) is 4.67. The maximum atomic E-state index is 11.2. The van der Waals surface area contributed by atoms with Gasteiger partial charge in [0.15, 0.2) is 0 Å². The van der Waals surface area contributed by atoms with E-state index in [1.54, 1.807) is 0 Å². The van der Waals surface area contributed by atoms with E-state index in [4.69, 9.17) is 0 Å². The molecule has 0 aromatic heterocycles. The lowest BCUT2D eigenvalue weighted by molar-refractivity contribution is -0.140. The maximum Gasteiger partial charge on any atom is 0.306 e. The summed E-state index contributed by atoms with van der Waals surface area (Å²) >= 11 is 0. The van der Waals surface area contributed by atoms with Gasteiger partial charge in [-0.05, 0) is 0 Å². The molecule has 0 aliphatic heterocycles. The first kappa shape index (κ1) is 15.3. The molecule has 0 aromatic carbocycles. The SMILES string of the molecule is COC(=O)CCS(=O)(=O)NCCS(N)(=O)=O. The number of sulfonamides is 2. The van der Waals surface area contributed by atoms with Gasteiger partial charge in [0.05, 0.1) is 25.0 Å². The number of hydrogen-bond donors (Lipinski definition) is 2. The highest BCUT2D eigenvalue weighted by molar-refractivity contribution is 7.90. The molecule has 8 nitrogen and oxygen atoms in total. The molecule has 0 fully saturated rings. The van der Waals surface area contributed by atoms with Crippen LogP contribution in [0.1, 0.15) is 6.42 Å². The molecular formula is C6H14N2O6S2. The van der Waals surface area contributed by atoms with Crippen LogP contribution in [0.15, 0.2) is 0 Å². The monoisotopic (exact) mass is 274 g/mol. The molecule has 10 heteroatoms. The summed E-state index contributed by atoms with van der Waals surface area (Å²) in [6.07, 6.45) is -0.290. The Kier molecular flexibility index (Phi) is 5.86. The first-order chi connectivity index (χ1) is 7.16. The molecule has 0 atom stereocenters. The van der Waals surface area contributed by atoms with Crippen molar-refractivity contribution in [1.82, 2.24) is 4.72 Å². The molecule has 0 radical (unpaired) electrons. The molecule has 3 N–H and O–H groups in total. The van der Waals surface area contributed by atoms with Crippen molar-refractivity contribution in [3.8, 4) is 0 Å². The third kappa shape index (κ3) is 8.59. The van der Waals surface area contributed by atoms with Gasteiger partial charge in [-0.25, -0.2) is 26.7 Å². The highest BCUT2D eigenvalue weighted by Gasteiger charge is 2.14. The fraction of sp³-hybridized carbons (Fsp3) is 0.833. The van der Waals surface area contributed by atoms with Crippen LogP contribution < -0.4 is 9.86 Å². The van der Waals surface area contributed by atoms with Gasteiger partial charge in [-0.15, -0.1) is 0 Å². The van der Waals surface area contributed by atoms with Crippen LogP contribution >= 0.6 is 0 Å². The molecule has 0 spiro atoms. The molecular weight excluding hydrogens is 260 g/mol. The summed E-state index contributed by atoms with van der Waals surface area (Å²) in [4.78, 5) is 10.7. The van der Waals surface area contributed by atoms with Crippen LogP contribution in [0.3, 0.4) is 0 Å². The topological polar surface area (TPSA) is 133 Å². The molecule has 0 saturated carbocycles. The van der Waals surface area contributed by atoms with E-state index >= 15 is 0 Å². The van der Waals surface area contributed by atoms with Gasteiger partial charge in [-0.2, -0.15) is 0 Å². The van der Waals surface area contributed by atoms with Gasteiger partial charge in [-0.1, -0.05) is 0 Å². The van der Waals surface area contributed by atoms with Crippen LogP contribution in [0.5, 0.6) is 0 Å². The molecule has 0 aromatic rings. The van der Waals surface area contributed by atoms with Crippen molar-refractivity contribution in [2.75, 3.05) is 25.2 Å². The molecule has 0 heterocycles. The second-order valence-electron chi connectivity index (χ2n) is 2.91. The van der Waals surface area contributed by atoms with E-state index in [9.17, 15) is 21.6 Å². The van der Waals surface area contributed by atoms with Crippen LogP contribution in [0.25, 0.3) is 0 Å². The smallest absolute Gasteiger partial charge is 0.306 e. The number of rotatable bonds is 7. The number of nitrogens with two attached hydrogens (primary N) is 1. The van der Waals surface area contributed by atoms with Gasteiger partial charge in [0, 0.05) is 6.54 Å². The van der Waals surface area contributed by atoms with Crippen LogP contribution in [-0.2, 0) is 29.6 Å². The Hall–Kier alpha value is -0.710. The molecule has 0 aliphatic carbocycles. The van der Waals surface area contributed by atoms with E-state index in [1.165, 1.54) is 0 Å². The fourth-order valence-electron chi connectivity index (χ4n) is 0.731. The number of ether oxygens (including phenoxy) is 1. The van der Waals surface area contributed by atoms with E-state index in [0.29, 0.717) is 0 Å². The minimum atomic E-state index is -3.70. The van der Waals surface area contributed by atoms with Crippen molar-refractivity contribution < 1.29 is 26.4 Å². The zero-order valence-corrected chi connectivity index (χ0v) is 10.3. The molecule has 0 amide bonds. The van der Waals surface area contributed by atoms with Gasteiger partial charge in [-0.3, -0.25) is 4.79 Å². The lowest BCUT2D eigenvalue weighted by Gasteiger charge is -2.04. The summed E-state index contributed by atoms with van der Waals surface area (Å²) in [7, 11) is -6.24. The van der Waals surface area contributed by atoms with Crippen LogP contribution in [0, 0.1) is 0 Å². The summed E-state index contributed by atoms with van der Waals surface area (Å²) in [5.74, 6) is -1.61. The van der Waals surface area contributed by atoms with Crippen molar-refractivity contribution in [2.45, 2.75) is 6.42 Å². The average Bonchev–Trinajstić information content (AvgIpc) is 2.12.